The molecule has 1 aliphatic carbocycles. The first kappa shape index (κ1) is 16.3. The van der Waals surface area contributed by atoms with Gasteiger partial charge in [-0.05, 0) is 45.2 Å². The van der Waals surface area contributed by atoms with Gasteiger partial charge in [0.1, 0.15) is 12.1 Å². The predicted molar refractivity (Wildman–Crippen MR) is 95.3 cm³/mol. The molecule has 24 heavy (non-hydrogen) atoms. The zero-order valence-electron chi connectivity index (χ0n) is 14.7. The van der Waals surface area contributed by atoms with Gasteiger partial charge in [0.15, 0.2) is 0 Å². The van der Waals surface area contributed by atoms with E-state index in [2.05, 4.69) is 26.3 Å². The van der Waals surface area contributed by atoms with Crippen molar-refractivity contribution in [1.82, 2.24) is 14.9 Å². The van der Waals surface area contributed by atoms with Crippen molar-refractivity contribution in [3.8, 4) is 0 Å². The number of nitrogens with one attached hydrogen (secondary N) is 1. The molecule has 0 bridgehead atoms. The number of anilines is 1. The summed E-state index contributed by atoms with van der Waals surface area (Å²) in [5.74, 6) is 1.42. The van der Waals surface area contributed by atoms with Crippen molar-refractivity contribution in [2.75, 3.05) is 38.2 Å². The maximum absolute atomic E-state index is 5.50. The van der Waals surface area contributed by atoms with Gasteiger partial charge in [0.25, 0.3) is 0 Å². The minimum absolute atomic E-state index is 0.349. The molecular formula is C19H30N4O. The number of hydrogen-bond acceptors (Lipinski definition) is 5. The number of likely N-dealkylation sites (tertiary alicyclic amines) is 1. The topological polar surface area (TPSA) is 50.3 Å². The van der Waals surface area contributed by atoms with Crippen LogP contribution in [0.5, 0.6) is 0 Å². The van der Waals surface area contributed by atoms with Gasteiger partial charge in [-0.2, -0.15) is 0 Å². The lowest BCUT2D eigenvalue weighted by Gasteiger charge is -2.43. The molecule has 1 N–H and O–H groups in total. The van der Waals surface area contributed by atoms with Crippen LogP contribution in [0.3, 0.4) is 0 Å². The molecule has 1 aromatic heterocycles. The first-order chi connectivity index (χ1) is 11.9. The highest BCUT2D eigenvalue weighted by Crippen LogP contribution is 2.37. The lowest BCUT2D eigenvalue weighted by atomic mass is 9.92. The van der Waals surface area contributed by atoms with Gasteiger partial charge in [0.2, 0.25) is 0 Å². The van der Waals surface area contributed by atoms with Gasteiger partial charge in [-0.3, -0.25) is 4.90 Å². The molecule has 3 heterocycles. The Morgan fingerprint density at radius 1 is 1.12 bits per heavy atom. The largest absolute Gasteiger partial charge is 0.381 e. The summed E-state index contributed by atoms with van der Waals surface area (Å²) in [6.07, 6.45) is 12.3. The summed E-state index contributed by atoms with van der Waals surface area (Å²) in [7, 11) is 0. The Bertz CT molecular complexity index is 532. The predicted octanol–water partition coefficient (Wildman–Crippen LogP) is 3.19. The highest BCUT2D eigenvalue weighted by atomic mass is 16.5. The standard InChI is InChI=1S/C19H30N4O/c1-4-9-23(10-5-1)19(7-2-3-8-19)14-20-18-12-17(21-15-22-18)16-6-11-24-13-16/h12,15-16H,1-11,13-14H2,(H,20,21,22)/t16-/m0/s1. The van der Waals surface area contributed by atoms with Crippen molar-refractivity contribution >= 4 is 5.82 Å². The van der Waals surface area contributed by atoms with Gasteiger partial charge in [-0.25, -0.2) is 9.97 Å². The van der Waals surface area contributed by atoms with Gasteiger partial charge in [0.05, 0.1) is 12.3 Å². The monoisotopic (exact) mass is 330 g/mol. The Morgan fingerprint density at radius 2 is 1.96 bits per heavy atom. The van der Waals surface area contributed by atoms with Gasteiger partial charge in [-0.1, -0.05) is 19.3 Å². The van der Waals surface area contributed by atoms with Crippen LogP contribution in [0.2, 0.25) is 0 Å². The number of hydrogen-bond donors (Lipinski definition) is 1. The molecule has 0 radical (unpaired) electrons. The number of piperidine rings is 1. The van der Waals surface area contributed by atoms with Crippen molar-refractivity contribution in [2.24, 2.45) is 0 Å². The van der Waals surface area contributed by atoms with Crippen LogP contribution in [0.4, 0.5) is 5.82 Å². The van der Waals surface area contributed by atoms with Crippen LogP contribution < -0.4 is 5.32 Å². The number of aromatic nitrogens is 2. The van der Waals surface area contributed by atoms with E-state index in [-0.39, 0.29) is 0 Å². The van der Waals surface area contributed by atoms with E-state index >= 15 is 0 Å². The summed E-state index contributed by atoms with van der Waals surface area (Å²) in [6, 6.07) is 2.14. The van der Waals surface area contributed by atoms with Gasteiger partial charge in [0, 0.05) is 30.7 Å². The molecule has 3 fully saturated rings. The van der Waals surface area contributed by atoms with Crippen molar-refractivity contribution < 1.29 is 4.74 Å². The summed E-state index contributed by atoms with van der Waals surface area (Å²) in [6.45, 7) is 5.22. The highest BCUT2D eigenvalue weighted by Gasteiger charge is 2.39. The van der Waals surface area contributed by atoms with Crippen LogP contribution in [-0.2, 0) is 4.74 Å². The Hall–Kier alpha value is -1.20. The van der Waals surface area contributed by atoms with E-state index in [1.54, 1.807) is 6.33 Å². The summed E-state index contributed by atoms with van der Waals surface area (Å²) in [5, 5.41) is 3.65. The molecule has 132 valence electrons. The number of rotatable bonds is 5. The molecule has 5 nitrogen and oxygen atoms in total. The molecule has 2 aliphatic heterocycles. The van der Waals surface area contributed by atoms with Crippen molar-refractivity contribution in [3.63, 3.8) is 0 Å². The molecule has 3 aliphatic rings. The molecule has 1 saturated carbocycles. The SMILES string of the molecule is c1nc(NCC2(N3CCCCC3)CCCC2)cc([C@H]2CCOC2)n1. The molecule has 1 atom stereocenters. The summed E-state index contributed by atoms with van der Waals surface area (Å²) < 4.78 is 5.50. The third-order valence-corrected chi connectivity index (χ3v) is 6.20. The third-order valence-electron chi connectivity index (χ3n) is 6.20. The fourth-order valence-corrected chi connectivity index (χ4v) is 4.72. The van der Waals surface area contributed by atoms with Crippen LogP contribution in [0.1, 0.15) is 63.0 Å². The average molecular weight is 330 g/mol. The first-order valence-corrected chi connectivity index (χ1v) is 9.74. The minimum atomic E-state index is 0.349. The van der Waals surface area contributed by atoms with Crippen molar-refractivity contribution in [3.05, 3.63) is 18.1 Å². The molecule has 4 rings (SSSR count). The zero-order chi connectivity index (χ0) is 16.2. The second-order valence-corrected chi connectivity index (χ2v) is 7.72. The second-order valence-electron chi connectivity index (χ2n) is 7.72. The first-order valence-electron chi connectivity index (χ1n) is 9.74. The van der Waals surface area contributed by atoms with E-state index in [1.165, 1.54) is 58.0 Å². The van der Waals surface area contributed by atoms with E-state index in [1.807, 2.05) is 0 Å². The third kappa shape index (κ3) is 3.42. The second kappa shape index (κ2) is 7.36. The van der Waals surface area contributed by atoms with Gasteiger partial charge in [-0.15, -0.1) is 0 Å². The van der Waals surface area contributed by atoms with Crippen molar-refractivity contribution in [1.29, 1.82) is 0 Å². The van der Waals surface area contributed by atoms with Crippen LogP contribution in [-0.4, -0.2) is 53.3 Å². The normalized spacial score (nSPS) is 27.4. The molecule has 0 aromatic carbocycles. The lowest BCUT2D eigenvalue weighted by Crippen LogP contribution is -2.53. The minimum Gasteiger partial charge on any atom is -0.381 e. The fraction of sp³-hybridized carbons (Fsp3) is 0.789. The quantitative estimate of drug-likeness (QED) is 0.898. The number of ether oxygens (including phenoxy) is 1. The summed E-state index contributed by atoms with van der Waals surface area (Å²) in [5.41, 5.74) is 1.48. The van der Waals surface area contributed by atoms with Crippen LogP contribution in [0.15, 0.2) is 12.4 Å². The van der Waals surface area contributed by atoms with Crippen LogP contribution >= 0.6 is 0 Å². The maximum Gasteiger partial charge on any atom is 0.129 e. The lowest BCUT2D eigenvalue weighted by molar-refractivity contribution is 0.0808. The fourth-order valence-electron chi connectivity index (χ4n) is 4.72. The molecule has 5 heteroatoms. The summed E-state index contributed by atoms with van der Waals surface area (Å²) >= 11 is 0. The molecule has 0 unspecified atom stereocenters. The highest BCUT2D eigenvalue weighted by molar-refractivity contribution is 5.37. The molecular weight excluding hydrogens is 300 g/mol. The molecule has 1 aromatic rings. The van der Waals surface area contributed by atoms with Gasteiger partial charge >= 0.3 is 0 Å². The Labute approximate surface area is 145 Å². The van der Waals surface area contributed by atoms with Crippen LogP contribution in [0.25, 0.3) is 0 Å². The molecule has 0 amide bonds. The Balaban J connectivity index is 1.43. The average Bonchev–Trinajstić information content (AvgIpc) is 3.34. The zero-order valence-corrected chi connectivity index (χ0v) is 14.7. The number of nitrogens with zero attached hydrogens (tertiary/aromatic N) is 3. The molecule has 2 saturated heterocycles. The van der Waals surface area contributed by atoms with Gasteiger partial charge < -0.3 is 10.1 Å². The van der Waals surface area contributed by atoms with Crippen LogP contribution in [0, 0.1) is 0 Å². The van der Waals surface area contributed by atoms with E-state index in [4.69, 9.17) is 4.74 Å². The molecule has 0 spiro atoms. The Kier molecular flexibility index (Phi) is 4.99. The Morgan fingerprint density at radius 3 is 2.71 bits per heavy atom. The van der Waals surface area contributed by atoms with E-state index in [0.29, 0.717) is 11.5 Å². The van der Waals surface area contributed by atoms with E-state index in [0.717, 1.165) is 37.7 Å². The van der Waals surface area contributed by atoms with E-state index < -0.39 is 0 Å². The summed E-state index contributed by atoms with van der Waals surface area (Å²) in [4.78, 5) is 11.7. The van der Waals surface area contributed by atoms with Crippen molar-refractivity contribution in [2.45, 2.75) is 62.8 Å². The maximum atomic E-state index is 5.50. The smallest absolute Gasteiger partial charge is 0.129 e. The van der Waals surface area contributed by atoms with E-state index in [9.17, 15) is 0 Å².